The molecule has 0 aromatic carbocycles. The van der Waals surface area contributed by atoms with Crippen molar-refractivity contribution in [1.29, 1.82) is 0 Å². The predicted octanol–water partition coefficient (Wildman–Crippen LogP) is 2.00. The van der Waals surface area contributed by atoms with Gasteiger partial charge in [-0.25, -0.2) is 9.97 Å². The Hall–Kier alpha value is -1.12. The Morgan fingerprint density at radius 2 is 2.07 bits per heavy atom. The third kappa shape index (κ3) is 2.03. The Labute approximate surface area is 84.0 Å². The highest BCUT2D eigenvalue weighted by atomic mass is 15.1. The average molecular weight is 189 g/mol. The van der Waals surface area contributed by atoms with Crippen LogP contribution in [0.3, 0.4) is 0 Å². The lowest BCUT2D eigenvalue weighted by Crippen LogP contribution is -2.04. The molecular weight excluding hydrogens is 174 g/mol. The van der Waals surface area contributed by atoms with Gasteiger partial charge in [-0.05, 0) is 38.0 Å². The van der Waals surface area contributed by atoms with Crippen molar-refractivity contribution < 1.29 is 0 Å². The second kappa shape index (κ2) is 3.23. The second-order valence-corrected chi connectivity index (χ2v) is 4.46. The van der Waals surface area contributed by atoms with Gasteiger partial charge < -0.3 is 5.32 Å². The van der Waals surface area contributed by atoms with Crippen LogP contribution in [0.1, 0.15) is 31.4 Å². The predicted molar refractivity (Wildman–Crippen MR) is 55.1 cm³/mol. The Balaban J connectivity index is 1.68. The van der Waals surface area contributed by atoms with E-state index in [1.807, 2.05) is 0 Å². The van der Waals surface area contributed by atoms with Crippen LogP contribution in [0, 0.1) is 5.92 Å². The van der Waals surface area contributed by atoms with E-state index >= 15 is 0 Å². The zero-order chi connectivity index (χ0) is 9.38. The molecule has 2 saturated carbocycles. The van der Waals surface area contributed by atoms with Gasteiger partial charge >= 0.3 is 0 Å². The molecule has 0 radical (unpaired) electrons. The van der Waals surface area contributed by atoms with E-state index in [0.29, 0.717) is 6.04 Å². The first kappa shape index (κ1) is 8.21. The average Bonchev–Trinajstić information content (AvgIpc) is 3.00. The summed E-state index contributed by atoms with van der Waals surface area (Å²) in [7, 11) is 0. The summed E-state index contributed by atoms with van der Waals surface area (Å²) in [5, 5.41) is 3.40. The van der Waals surface area contributed by atoms with Crippen LogP contribution in [0.5, 0.6) is 0 Å². The van der Waals surface area contributed by atoms with Gasteiger partial charge in [0.1, 0.15) is 12.1 Å². The van der Waals surface area contributed by atoms with E-state index in [-0.39, 0.29) is 0 Å². The summed E-state index contributed by atoms with van der Waals surface area (Å²) in [5.74, 6) is 1.91. The number of nitrogens with zero attached hydrogens (tertiary/aromatic N) is 2. The summed E-state index contributed by atoms with van der Waals surface area (Å²) in [5.41, 5.74) is 1.20. The molecule has 0 bridgehead atoms. The molecule has 3 heteroatoms. The van der Waals surface area contributed by atoms with E-state index in [1.165, 1.54) is 31.4 Å². The number of hydrogen-bond acceptors (Lipinski definition) is 3. The number of nitrogens with one attached hydrogen (secondary N) is 1. The summed E-state index contributed by atoms with van der Waals surface area (Å²) >= 11 is 0. The van der Waals surface area contributed by atoms with Crippen molar-refractivity contribution in [3.8, 4) is 0 Å². The minimum Gasteiger partial charge on any atom is -0.367 e. The molecule has 1 aromatic rings. The van der Waals surface area contributed by atoms with Gasteiger partial charge in [0.05, 0.1) is 0 Å². The largest absolute Gasteiger partial charge is 0.367 e. The SMILES string of the molecule is c1nc(CC2CC2)cc(NC2CC2)n1. The number of rotatable bonds is 4. The maximum Gasteiger partial charge on any atom is 0.129 e. The Bertz CT molecular complexity index is 300. The molecule has 0 amide bonds. The minimum absolute atomic E-state index is 0.679. The summed E-state index contributed by atoms with van der Waals surface area (Å²) in [6.07, 6.45) is 8.18. The van der Waals surface area contributed by atoms with E-state index < -0.39 is 0 Å². The van der Waals surface area contributed by atoms with Crippen molar-refractivity contribution >= 4 is 5.82 Å². The molecule has 3 rings (SSSR count). The molecule has 1 aromatic heterocycles. The van der Waals surface area contributed by atoms with Crippen LogP contribution in [-0.2, 0) is 6.42 Å². The van der Waals surface area contributed by atoms with E-state index in [1.54, 1.807) is 6.33 Å². The number of aromatic nitrogens is 2. The van der Waals surface area contributed by atoms with Gasteiger partial charge in [0.2, 0.25) is 0 Å². The molecule has 2 aliphatic carbocycles. The van der Waals surface area contributed by atoms with Crippen LogP contribution in [0.15, 0.2) is 12.4 Å². The molecular formula is C11H15N3. The third-order valence-corrected chi connectivity index (χ3v) is 2.85. The molecule has 14 heavy (non-hydrogen) atoms. The van der Waals surface area contributed by atoms with Gasteiger partial charge in [-0.2, -0.15) is 0 Å². The van der Waals surface area contributed by atoms with Crippen molar-refractivity contribution in [3.05, 3.63) is 18.1 Å². The van der Waals surface area contributed by atoms with Gasteiger partial charge in [-0.1, -0.05) is 0 Å². The highest BCUT2D eigenvalue weighted by Gasteiger charge is 2.23. The standard InChI is InChI=1S/C11H15N3/c1-2-8(1)5-10-6-11(13-7-12-10)14-9-3-4-9/h6-9H,1-5H2,(H,12,13,14). The summed E-state index contributed by atoms with van der Waals surface area (Å²) < 4.78 is 0. The van der Waals surface area contributed by atoms with Crippen LogP contribution in [0.25, 0.3) is 0 Å². The van der Waals surface area contributed by atoms with Crippen LogP contribution in [-0.4, -0.2) is 16.0 Å². The molecule has 0 aliphatic heterocycles. The monoisotopic (exact) mass is 189 g/mol. The fraction of sp³-hybridized carbons (Fsp3) is 0.636. The molecule has 3 nitrogen and oxygen atoms in total. The van der Waals surface area contributed by atoms with E-state index in [4.69, 9.17) is 0 Å². The maximum absolute atomic E-state index is 4.30. The summed E-state index contributed by atoms with van der Waals surface area (Å²) in [4.78, 5) is 8.52. The van der Waals surface area contributed by atoms with E-state index in [0.717, 1.165) is 18.2 Å². The van der Waals surface area contributed by atoms with Crippen LogP contribution < -0.4 is 5.32 Å². The number of hydrogen-bond donors (Lipinski definition) is 1. The minimum atomic E-state index is 0.679. The fourth-order valence-electron chi connectivity index (χ4n) is 1.64. The van der Waals surface area contributed by atoms with Gasteiger partial charge in [0.15, 0.2) is 0 Å². The third-order valence-electron chi connectivity index (χ3n) is 2.85. The van der Waals surface area contributed by atoms with Crippen molar-refractivity contribution in [2.24, 2.45) is 5.92 Å². The van der Waals surface area contributed by atoms with Gasteiger partial charge in [0.25, 0.3) is 0 Å². The molecule has 2 aliphatic rings. The molecule has 0 saturated heterocycles. The Morgan fingerprint density at radius 1 is 1.21 bits per heavy atom. The first-order chi connectivity index (χ1) is 6.90. The lowest BCUT2D eigenvalue weighted by Gasteiger charge is -2.04. The maximum atomic E-state index is 4.30. The van der Waals surface area contributed by atoms with Gasteiger partial charge in [0, 0.05) is 17.8 Å². The van der Waals surface area contributed by atoms with Crippen molar-refractivity contribution in [3.63, 3.8) is 0 Å². The topological polar surface area (TPSA) is 37.8 Å². The van der Waals surface area contributed by atoms with E-state index in [2.05, 4.69) is 21.4 Å². The molecule has 74 valence electrons. The quantitative estimate of drug-likeness (QED) is 0.787. The lowest BCUT2D eigenvalue weighted by molar-refractivity contribution is 0.798. The first-order valence-corrected chi connectivity index (χ1v) is 5.47. The Kier molecular flexibility index (Phi) is 1.89. The highest BCUT2D eigenvalue weighted by Crippen LogP contribution is 2.32. The lowest BCUT2D eigenvalue weighted by atomic mass is 10.2. The van der Waals surface area contributed by atoms with Crippen LogP contribution in [0.2, 0.25) is 0 Å². The van der Waals surface area contributed by atoms with Gasteiger partial charge in [-0.15, -0.1) is 0 Å². The molecule has 0 unspecified atom stereocenters. The highest BCUT2D eigenvalue weighted by molar-refractivity contribution is 5.37. The second-order valence-electron chi connectivity index (χ2n) is 4.46. The Morgan fingerprint density at radius 3 is 2.79 bits per heavy atom. The number of anilines is 1. The van der Waals surface area contributed by atoms with Gasteiger partial charge in [-0.3, -0.25) is 0 Å². The zero-order valence-electron chi connectivity index (χ0n) is 8.24. The van der Waals surface area contributed by atoms with Crippen molar-refractivity contribution in [1.82, 2.24) is 9.97 Å². The summed E-state index contributed by atoms with van der Waals surface area (Å²) in [6, 6.07) is 2.79. The molecule has 1 heterocycles. The zero-order valence-corrected chi connectivity index (χ0v) is 8.24. The van der Waals surface area contributed by atoms with E-state index in [9.17, 15) is 0 Å². The summed E-state index contributed by atoms with van der Waals surface area (Å²) in [6.45, 7) is 0. The van der Waals surface area contributed by atoms with Crippen molar-refractivity contribution in [2.45, 2.75) is 38.1 Å². The molecule has 0 spiro atoms. The molecule has 0 atom stereocenters. The molecule has 1 N–H and O–H groups in total. The van der Waals surface area contributed by atoms with Crippen LogP contribution >= 0.6 is 0 Å². The first-order valence-electron chi connectivity index (χ1n) is 5.47. The normalized spacial score (nSPS) is 20.9. The van der Waals surface area contributed by atoms with Crippen molar-refractivity contribution in [2.75, 3.05) is 5.32 Å². The fourth-order valence-corrected chi connectivity index (χ4v) is 1.64. The van der Waals surface area contributed by atoms with Crippen LogP contribution in [0.4, 0.5) is 5.82 Å². The molecule has 2 fully saturated rings. The smallest absolute Gasteiger partial charge is 0.129 e.